The number of nitrogens with zero attached hydrogens (tertiary/aromatic N) is 5. The fraction of sp³-hybridized carbons (Fsp3) is 0.318. The quantitative estimate of drug-likeness (QED) is 0.531. The zero-order chi connectivity index (χ0) is 19.6. The van der Waals surface area contributed by atoms with E-state index in [1.54, 1.807) is 6.33 Å². The van der Waals surface area contributed by atoms with Crippen molar-refractivity contribution in [2.45, 2.75) is 38.1 Å². The molecular formula is C22H24N6O. The van der Waals surface area contributed by atoms with Crippen molar-refractivity contribution in [1.82, 2.24) is 29.5 Å². The van der Waals surface area contributed by atoms with Crippen molar-refractivity contribution < 1.29 is 5.11 Å². The van der Waals surface area contributed by atoms with Gasteiger partial charge in [0.25, 0.3) is 0 Å². The second-order valence-electron chi connectivity index (χ2n) is 7.71. The summed E-state index contributed by atoms with van der Waals surface area (Å²) in [6.07, 6.45) is 6.81. The van der Waals surface area contributed by atoms with E-state index in [1.807, 2.05) is 53.3 Å². The molecule has 4 aromatic rings. The average molecular weight is 388 g/mol. The number of hydrogen-bond donors (Lipinski definition) is 2. The lowest BCUT2D eigenvalue weighted by molar-refractivity contribution is 0.145. The second-order valence-corrected chi connectivity index (χ2v) is 7.71. The predicted molar refractivity (Wildman–Crippen MR) is 110 cm³/mol. The van der Waals surface area contributed by atoms with E-state index in [9.17, 15) is 5.11 Å². The number of fused-ring (bicyclic) bond motifs is 1. The van der Waals surface area contributed by atoms with Gasteiger partial charge in [0.2, 0.25) is 0 Å². The third kappa shape index (κ3) is 3.66. The molecule has 5 rings (SSSR count). The standard InChI is InChI=1S/C22H24N6O/c29-20-12-16(14-27-10-9-23-22(27)17-5-2-1-3-6-17)11-19(20)24-13-18-7-4-8-21-25-15-26-28(18)21/h1-10,15-16,19-20,24,29H,11-14H2/t16?,19-,20-/m1/s1. The number of imidazole rings is 1. The Morgan fingerprint density at radius 1 is 1.03 bits per heavy atom. The normalized spacial score (nSPS) is 21.8. The van der Waals surface area contributed by atoms with Crippen molar-refractivity contribution in [3.05, 3.63) is 72.9 Å². The Balaban J connectivity index is 1.24. The molecule has 1 saturated carbocycles. The van der Waals surface area contributed by atoms with Crippen molar-refractivity contribution in [1.29, 1.82) is 0 Å². The summed E-state index contributed by atoms with van der Waals surface area (Å²) >= 11 is 0. The van der Waals surface area contributed by atoms with E-state index in [1.165, 1.54) is 0 Å². The smallest absolute Gasteiger partial charge is 0.155 e. The zero-order valence-corrected chi connectivity index (χ0v) is 16.1. The molecule has 148 valence electrons. The molecule has 0 amide bonds. The van der Waals surface area contributed by atoms with Crippen LogP contribution in [0.1, 0.15) is 18.5 Å². The van der Waals surface area contributed by atoms with Crippen LogP contribution in [-0.4, -0.2) is 41.4 Å². The minimum atomic E-state index is -0.348. The highest BCUT2D eigenvalue weighted by molar-refractivity contribution is 5.55. The Labute approximate surface area is 169 Å². The van der Waals surface area contributed by atoms with E-state index < -0.39 is 0 Å². The molecule has 1 aliphatic carbocycles. The minimum absolute atomic E-state index is 0.0717. The molecule has 1 fully saturated rings. The van der Waals surface area contributed by atoms with Crippen LogP contribution in [-0.2, 0) is 13.1 Å². The molecule has 7 nitrogen and oxygen atoms in total. The molecule has 0 bridgehead atoms. The maximum Gasteiger partial charge on any atom is 0.155 e. The Bertz CT molecular complexity index is 1090. The van der Waals surface area contributed by atoms with Crippen LogP contribution in [0.25, 0.3) is 17.0 Å². The lowest BCUT2D eigenvalue weighted by Crippen LogP contribution is -2.35. The maximum absolute atomic E-state index is 10.6. The van der Waals surface area contributed by atoms with Crippen LogP contribution in [0, 0.1) is 5.92 Å². The van der Waals surface area contributed by atoms with Gasteiger partial charge < -0.3 is 15.0 Å². The van der Waals surface area contributed by atoms with Gasteiger partial charge in [0.05, 0.1) is 11.8 Å². The molecule has 7 heteroatoms. The first-order valence-electron chi connectivity index (χ1n) is 10.0. The van der Waals surface area contributed by atoms with Gasteiger partial charge in [-0.25, -0.2) is 14.5 Å². The molecule has 1 aliphatic rings. The number of aromatic nitrogens is 5. The number of aliphatic hydroxyl groups excluding tert-OH is 1. The Morgan fingerprint density at radius 2 is 1.93 bits per heavy atom. The van der Waals surface area contributed by atoms with Gasteiger partial charge in [-0.2, -0.15) is 5.10 Å². The maximum atomic E-state index is 10.6. The molecule has 3 heterocycles. The Kier molecular flexibility index (Phi) is 4.83. The molecule has 0 saturated heterocycles. The van der Waals surface area contributed by atoms with E-state index in [2.05, 4.69) is 37.1 Å². The summed E-state index contributed by atoms with van der Waals surface area (Å²) in [5, 5.41) is 18.4. The lowest BCUT2D eigenvalue weighted by atomic mass is 10.1. The fourth-order valence-electron chi connectivity index (χ4n) is 4.34. The van der Waals surface area contributed by atoms with Crippen molar-refractivity contribution >= 4 is 5.65 Å². The van der Waals surface area contributed by atoms with Crippen LogP contribution in [0.5, 0.6) is 0 Å². The second kappa shape index (κ2) is 7.77. The monoisotopic (exact) mass is 388 g/mol. The first-order valence-corrected chi connectivity index (χ1v) is 10.0. The first-order chi connectivity index (χ1) is 14.3. The van der Waals surface area contributed by atoms with E-state index in [0.29, 0.717) is 12.5 Å². The predicted octanol–water partition coefficient (Wildman–Crippen LogP) is 2.52. The van der Waals surface area contributed by atoms with Gasteiger partial charge in [0.15, 0.2) is 5.65 Å². The third-order valence-corrected chi connectivity index (χ3v) is 5.75. The van der Waals surface area contributed by atoms with Crippen molar-refractivity contribution in [2.75, 3.05) is 0 Å². The van der Waals surface area contributed by atoms with E-state index >= 15 is 0 Å². The number of pyridine rings is 1. The van der Waals surface area contributed by atoms with Crippen LogP contribution in [0.4, 0.5) is 0 Å². The van der Waals surface area contributed by atoms with Gasteiger partial charge in [-0.05, 0) is 30.9 Å². The number of aliphatic hydroxyl groups is 1. The molecule has 2 N–H and O–H groups in total. The van der Waals surface area contributed by atoms with Crippen molar-refractivity contribution in [3.8, 4) is 11.4 Å². The highest BCUT2D eigenvalue weighted by Crippen LogP contribution is 2.29. The molecule has 1 aromatic carbocycles. The summed E-state index contributed by atoms with van der Waals surface area (Å²) in [6, 6.07) is 16.3. The number of hydrogen-bond acceptors (Lipinski definition) is 5. The highest BCUT2D eigenvalue weighted by atomic mass is 16.3. The van der Waals surface area contributed by atoms with E-state index in [0.717, 1.165) is 42.1 Å². The number of rotatable bonds is 6. The van der Waals surface area contributed by atoms with E-state index in [-0.39, 0.29) is 12.1 Å². The Hall–Kier alpha value is -3.03. The zero-order valence-electron chi connectivity index (χ0n) is 16.1. The van der Waals surface area contributed by atoms with Crippen LogP contribution in [0.2, 0.25) is 0 Å². The summed E-state index contributed by atoms with van der Waals surface area (Å²) in [5.41, 5.74) is 2.99. The highest BCUT2D eigenvalue weighted by Gasteiger charge is 2.33. The van der Waals surface area contributed by atoms with Gasteiger partial charge in [-0.15, -0.1) is 0 Å². The third-order valence-electron chi connectivity index (χ3n) is 5.75. The molecule has 0 aliphatic heterocycles. The first kappa shape index (κ1) is 18.0. The molecule has 0 radical (unpaired) electrons. The summed E-state index contributed by atoms with van der Waals surface area (Å²) in [4.78, 5) is 8.76. The topological polar surface area (TPSA) is 80.3 Å². The summed E-state index contributed by atoms with van der Waals surface area (Å²) in [5.74, 6) is 1.38. The van der Waals surface area contributed by atoms with Gasteiger partial charge in [0.1, 0.15) is 12.2 Å². The Morgan fingerprint density at radius 3 is 2.83 bits per heavy atom. The SMILES string of the molecule is O[C@@H]1CC(Cn2ccnc2-c2ccccc2)C[C@H]1NCc1cccc2ncnn12. The van der Waals surface area contributed by atoms with Gasteiger partial charge in [-0.3, -0.25) is 0 Å². The molecule has 1 unspecified atom stereocenters. The number of nitrogens with one attached hydrogen (secondary N) is 1. The largest absolute Gasteiger partial charge is 0.391 e. The molecule has 0 spiro atoms. The summed E-state index contributed by atoms with van der Waals surface area (Å²) in [6.45, 7) is 1.51. The van der Waals surface area contributed by atoms with Gasteiger partial charge >= 0.3 is 0 Å². The van der Waals surface area contributed by atoms with Crippen LogP contribution in [0.15, 0.2) is 67.3 Å². The summed E-state index contributed by atoms with van der Waals surface area (Å²) in [7, 11) is 0. The lowest BCUT2D eigenvalue weighted by Gasteiger charge is -2.17. The van der Waals surface area contributed by atoms with Crippen LogP contribution < -0.4 is 5.32 Å². The average Bonchev–Trinajstić information content (AvgIpc) is 3.47. The van der Waals surface area contributed by atoms with Crippen LogP contribution in [0.3, 0.4) is 0 Å². The minimum Gasteiger partial charge on any atom is -0.391 e. The molecular weight excluding hydrogens is 364 g/mol. The molecule has 3 atom stereocenters. The van der Waals surface area contributed by atoms with Crippen molar-refractivity contribution in [2.24, 2.45) is 5.92 Å². The number of benzene rings is 1. The van der Waals surface area contributed by atoms with E-state index in [4.69, 9.17) is 0 Å². The molecule has 3 aromatic heterocycles. The van der Waals surface area contributed by atoms with Gasteiger partial charge in [-0.1, -0.05) is 36.4 Å². The van der Waals surface area contributed by atoms with Crippen molar-refractivity contribution in [3.63, 3.8) is 0 Å². The summed E-state index contributed by atoms with van der Waals surface area (Å²) < 4.78 is 4.04. The van der Waals surface area contributed by atoms with Gasteiger partial charge in [0, 0.05) is 37.1 Å². The molecule has 29 heavy (non-hydrogen) atoms. The van der Waals surface area contributed by atoms with Crippen LogP contribution >= 0.6 is 0 Å². The fourth-order valence-corrected chi connectivity index (χ4v) is 4.34.